The molecule has 1 saturated heterocycles. The summed E-state index contributed by atoms with van der Waals surface area (Å²) in [5, 5.41) is 2.89. The molecule has 3 rings (SSSR count). The van der Waals surface area contributed by atoms with Gasteiger partial charge in [-0.25, -0.2) is 0 Å². The van der Waals surface area contributed by atoms with Crippen molar-refractivity contribution in [1.29, 1.82) is 0 Å². The third kappa shape index (κ3) is 4.70. The van der Waals surface area contributed by atoms with Gasteiger partial charge in [0.2, 0.25) is 11.8 Å². The van der Waals surface area contributed by atoms with Gasteiger partial charge in [-0.15, -0.1) is 0 Å². The van der Waals surface area contributed by atoms with E-state index in [-0.39, 0.29) is 11.8 Å². The number of carbonyl (C=O) groups is 2. The highest BCUT2D eigenvalue weighted by Gasteiger charge is 2.40. The lowest BCUT2D eigenvalue weighted by Crippen LogP contribution is -2.55. The summed E-state index contributed by atoms with van der Waals surface area (Å²) in [7, 11) is 1.60. The Labute approximate surface area is 172 Å². The van der Waals surface area contributed by atoms with E-state index in [0.717, 1.165) is 24.3 Å². The maximum Gasteiger partial charge on any atom is 0.237 e. The zero-order valence-corrected chi connectivity index (χ0v) is 17.4. The van der Waals surface area contributed by atoms with E-state index in [0.29, 0.717) is 25.4 Å². The first-order valence-electron chi connectivity index (χ1n) is 9.93. The molecule has 0 aliphatic carbocycles. The van der Waals surface area contributed by atoms with Crippen LogP contribution in [0.25, 0.3) is 0 Å². The van der Waals surface area contributed by atoms with E-state index in [1.807, 2.05) is 42.5 Å². The van der Waals surface area contributed by atoms with Gasteiger partial charge in [0.15, 0.2) is 0 Å². The Bertz CT molecular complexity index is 843. The molecular weight excluding hydrogens is 366 g/mol. The molecule has 2 amide bonds. The molecule has 1 aliphatic heterocycles. The summed E-state index contributed by atoms with van der Waals surface area (Å²) >= 11 is 0. The fourth-order valence-electron chi connectivity index (χ4n) is 3.54. The number of nitrogens with zero attached hydrogens (tertiary/aromatic N) is 2. The summed E-state index contributed by atoms with van der Waals surface area (Å²) in [4.78, 5) is 29.9. The molecule has 0 aromatic heterocycles. The fraction of sp³-hybridized carbons (Fsp3) is 0.391. The van der Waals surface area contributed by atoms with Gasteiger partial charge in [0.05, 0.1) is 7.11 Å². The first kappa shape index (κ1) is 20.7. The first-order chi connectivity index (χ1) is 13.9. The van der Waals surface area contributed by atoms with Crippen molar-refractivity contribution >= 4 is 17.5 Å². The molecule has 0 bridgehead atoms. The number of anilines is 1. The molecule has 29 heavy (non-hydrogen) atoms. The molecular formula is C23H29N3O3. The molecule has 2 aromatic carbocycles. The number of carbonyl (C=O) groups excluding carboxylic acids is 2. The maximum atomic E-state index is 13.1. The minimum absolute atomic E-state index is 0.136. The van der Waals surface area contributed by atoms with Gasteiger partial charge in [-0.1, -0.05) is 36.4 Å². The first-order valence-corrected chi connectivity index (χ1v) is 9.93. The van der Waals surface area contributed by atoms with Crippen LogP contribution in [0.4, 0.5) is 5.69 Å². The van der Waals surface area contributed by atoms with Gasteiger partial charge < -0.3 is 19.9 Å². The van der Waals surface area contributed by atoms with E-state index < -0.39 is 5.41 Å². The summed E-state index contributed by atoms with van der Waals surface area (Å²) in [6, 6.07) is 17.7. The number of rotatable bonds is 6. The monoisotopic (exact) mass is 395 g/mol. The van der Waals surface area contributed by atoms with E-state index in [2.05, 4.69) is 22.3 Å². The van der Waals surface area contributed by atoms with Gasteiger partial charge in [0.25, 0.3) is 0 Å². The predicted octanol–water partition coefficient (Wildman–Crippen LogP) is 2.69. The number of piperazine rings is 1. The van der Waals surface area contributed by atoms with Crippen molar-refractivity contribution in [2.75, 3.05) is 38.2 Å². The van der Waals surface area contributed by atoms with Crippen LogP contribution in [0.5, 0.6) is 5.75 Å². The van der Waals surface area contributed by atoms with E-state index >= 15 is 0 Å². The predicted molar refractivity (Wildman–Crippen MR) is 114 cm³/mol. The minimum Gasteiger partial charge on any atom is -0.496 e. The molecule has 0 atom stereocenters. The van der Waals surface area contributed by atoms with Crippen molar-refractivity contribution in [2.24, 2.45) is 5.41 Å². The molecule has 1 heterocycles. The van der Waals surface area contributed by atoms with Gasteiger partial charge in [-0.3, -0.25) is 9.59 Å². The van der Waals surface area contributed by atoms with Crippen molar-refractivity contribution in [3.63, 3.8) is 0 Å². The van der Waals surface area contributed by atoms with Gasteiger partial charge in [-0.05, 0) is 32.0 Å². The molecule has 0 radical (unpaired) electrons. The topological polar surface area (TPSA) is 61.9 Å². The van der Waals surface area contributed by atoms with Crippen molar-refractivity contribution < 1.29 is 14.3 Å². The molecule has 6 nitrogen and oxygen atoms in total. The molecule has 6 heteroatoms. The lowest BCUT2D eigenvalue weighted by atomic mass is 9.89. The number of hydrogen-bond donors (Lipinski definition) is 1. The molecule has 1 fully saturated rings. The Kier molecular flexibility index (Phi) is 6.42. The number of methoxy groups -OCH3 is 1. The Hall–Kier alpha value is -3.02. The molecule has 0 saturated carbocycles. The van der Waals surface area contributed by atoms with Crippen LogP contribution >= 0.6 is 0 Å². The second kappa shape index (κ2) is 8.99. The normalized spacial score (nSPS) is 14.4. The van der Waals surface area contributed by atoms with Crippen molar-refractivity contribution in [3.05, 3.63) is 60.2 Å². The third-order valence-electron chi connectivity index (χ3n) is 5.42. The average Bonchev–Trinajstić information content (AvgIpc) is 2.77. The van der Waals surface area contributed by atoms with Crippen LogP contribution in [-0.2, 0) is 16.1 Å². The highest BCUT2D eigenvalue weighted by atomic mass is 16.5. The number of ether oxygens (including phenoxy) is 1. The van der Waals surface area contributed by atoms with E-state index in [1.54, 1.807) is 25.9 Å². The summed E-state index contributed by atoms with van der Waals surface area (Å²) < 4.78 is 5.32. The molecule has 1 N–H and O–H groups in total. The zero-order valence-electron chi connectivity index (χ0n) is 17.4. The highest BCUT2D eigenvalue weighted by Crippen LogP contribution is 2.23. The number of para-hydroxylation sites is 2. The second-order valence-corrected chi connectivity index (χ2v) is 7.73. The largest absolute Gasteiger partial charge is 0.496 e. The lowest BCUT2D eigenvalue weighted by molar-refractivity contribution is -0.148. The maximum absolute atomic E-state index is 13.1. The van der Waals surface area contributed by atoms with Crippen molar-refractivity contribution in [2.45, 2.75) is 20.4 Å². The molecule has 1 aliphatic rings. The Morgan fingerprint density at radius 2 is 1.59 bits per heavy atom. The number of benzene rings is 2. The third-order valence-corrected chi connectivity index (χ3v) is 5.42. The summed E-state index contributed by atoms with van der Waals surface area (Å²) in [5.41, 5.74) is 0.910. The number of hydrogen-bond acceptors (Lipinski definition) is 4. The van der Waals surface area contributed by atoms with Gasteiger partial charge >= 0.3 is 0 Å². The number of nitrogens with one attached hydrogen (secondary N) is 1. The van der Waals surface area contributed by atoms with Crippen LogP contribution in [0, 0.1) is 5.41 Å². The SMILES string of the molecule is COc1ccccc1CNC(=O)C(C)(C)C(=O)N1CCN(c2ccccc2)CC1. The van der Waals surface area contributed by atoms with E-state index in [1.165, 1.54) is 0 Å². The second-order valence-electron chi connectivity index (χ2n) is 7.73. The van der Waals surface area contributed by atoms with E-state index in [4.69, 9.17) is 4.74 Å². The minimum atomic E-state index is -1.13. The van der Waals surface area contributed by atoms with Gasteiger partial charge in [0.1, 0.15) is 11.2 Å². The summed E-state index contributed by atoms with van der Waals surface area (Å²) in [6.07, 6.45) is 0. The molecule has 2 aromatic rings. The fourth-order valence-corrected chi connectivity index (χ4v) is 3.54. The number of amides is 2. The van der Waals surface area contributed by atoms with Crippen LogP contribution in [0.15, 0.2) is 54.6 Å². The van der Waals surface area contributed by atoms with Crippen LogP contribution < -0.4 is 15.0 Å². The standard InChI is InChI=1S/C23H29N3O3/c1-23(2,21(27)24-17-18-9-7-8-12-20(18)29-3)22(28)26-15-13-25(14-16-26)19-10-5-4-6-11-19/h4-12H,13-17H2,1-3H3,(H,24,27). The molecule has 0 spiro atoms. The van der Waals surface area contributed by atoms with Crippen molar-refractivity contribution in [3.8, 4) is 5.75 Å². The Balaban J connectivity index is 1.57. The Morgan fingerprint density at radius 3 is 2.24 bits per heavy atom. The van der Waals surface area contributed by atoms with Gasteiger partial charge in [-0.2, -0.15) is 0 Å². The van der Waals surface area contributed by atoms with Crippen molar-refractivity contribution in [1.82, 2.24) is 10.2 Å². The van der Waals surface area contributed by atoms with Gasteiger partial charge in [0, 0.05) is 44.0 Å². The lowest BCUT2D eigenvalue weighted by Gasteiger charge is -2.39. The van der Waals surface area contributed by atoms with Crippen LogP contribution in [0.2, 0.25) is 0 Å². The molecule has 0 unspecified atom stereocenters. The highest BCUT2D eigenvalue weighted by molar-refractivity contribution is 6.04. The summed E-state index contributed by atoms with van der Waals surface area (Å²) in [5.74, 6) is 0.301. The van der Waals surface area contributed by atoms with Crippen LogP contribution in [0.3, 0.4) is 0 Å². The van der Waals surface area contributed by atoms with Crippen LogP contribution in [-0.4, -0.2) is 50.0 Å². The zero-order chi connectivity index (χ0) is 20.9. The quantitative estimate of drug-likeness (QED) is 0.764. The van der Waals surface area contributed by atoms with Crippen LogP contribution in [0.1, 0.15) is 19.4 Å². The smallest absolute Gasteiger partial charge is 0.237 e. The summed E-state index contributed by atoms with van der Waals surface area (Å²) in [6.45, 7) is 6.44. The Morgan fingerprint density at radius 1 is 0.966 bits per heavy atom. The average molecular weight is 396 g/mol. The van der Waals surface area contributed by atoms with E-state index in [9.17, 15) is 9.59 Å². The molecule has 154 valence electrons.